The summed E-state index contributed by atoms with van der Waals surface area (Å²) >= 11 is 0. The van der Waals surface area contributed by atoms with Crippen LogP contribution < -0.4 is 0 Å². The maximum absolute atomic E-state index is 10.6. The highest BCUT2D eigenvalue weighted by Gasteiger charge is 2.48. The average Bonchev–Trinajstić information content (AvgIpc) is 3.06. The number of nitriles is 1. The summed E-state index contributed by atoms with van der Waals surface area (Å²) in [5, 5.41) is 20.3. The summed E-state index contributed by atoms with van der Waals surface area (Å²) in [4.78, 5) is 0. The predicted octanol–water partition coefficient (Wildman–Crippen LogP) is 1.79. The van der Waals surface area contributed by atoms with Crippen molar-refractivity contribution in [2.24, 2.45) is 5.92 Å². The van der Waals surface area contributed by atoms with Crippen LogP contribution in [-0.4, -0.2) is 24.4 Å². The van der Waals surface area contributed by atoms with Gasteiger partial charge in [-0.3, -0.25) is 0 Å². The van der Waals surface area contributed by atoms with Crippen molar-refractivity contribution in [2.45, 2.75) is 30.8 Å². The van der Waals surface area contributed by atoms with Crippen LogP contribution in [-0.2, 0) is 16.6 Å². The molecule has 0 amide bonds. The Morgan fingerprint density at radius 3 is 3.00 bits per heavy atom. The van der Waals surface area contributed by atoms with Gasteiger partial charge in [0.05, 0.1) is 18.8 Å². The number of fused-ring (bicyclic) bond motifs is 1. The molecule has 1 heterocycles. The van der Waals surface area contributed by atoms with Gasteiger partial charge in [-0.1, -0.05) is 24.3 Å². The van der Waals surface area contributed by atoms with Crippen molar-refractivity contribution in [1.82, 2.24) is 0 Å². The van der Waals surface area contributed by atoms with E-state index in [1.54, 1.807) is 0 Å². The molecule has 0 radical (unpaired) electrons. The number of hydrogen-bond donors (Lipinski definition) is 1. The highest BCUT2D eigenvalue weighted by Crippen LogP contribution is 2.44. The van der Waals surface area contributed by atoms with E-state index in [9.17, 15) is 10.4 Å². The highest BCUT2D eigenvalue weighted by molar-refractivity contribution is 5.45. The molecule has 2 aliphatic rings. The van der Waals surface area contributed by atoms with Crippen molar-refractivity contribution in [2.75, 3.05) is 13.2 Å². The molecule has 1 aromatic rings. The summed E-state index contributed by atoms with van der Waals surface area (Å²) in [6, 6.07) is 10.4. The molecule has 1 aromatic carbocycles. The third kappa shape index (κ3) is 1.57. The van der Waals surface area contributed by atoms with Crippen LogP contribution in [0, 0.1) is 17.2 Å². The summed E-state index contributed by atoms with van der Waals surface area (Å²) in [5.41, 5.74) is 1.50. The van der Waals surface area contributed by atoms with Gasteiger partial charge < -0.3 is 9.84 Å². The SMILES string of the molecule is N#CC1(C(O)C2CCOC2)CCc2ccccc21. The lowest BCUT2D eigenvalue weighted by Crippen LogP contribution is -2.42. The lowest BCUT2D eigenvalue weighted by molar-refractivity contribution is 0.0446. The van der Waals surface area contributed by atoms with E-state index in [4.69, 9.17) is 4.74 Å². The maximum Gasteiger partial charge on any atom is 0.109 e. The number of aliphatic hydroxyl groups excluding tert-OH is 1. The molecule has 0 saturated carbocycles. The molecule has 0 aromatic heterocycles. The number of aryl methyl sites for hydroxylation is 1. The molecule has 1 saturated heterocycles. The molecular formula is C15H17NO2. The normalized spacial score (nSPS) is 31.9. The van der Waals surface area contributed by atoms with Crippen LogP contribution in [0.1, 0.15) is 24.0 Å². The number of ether oxygens (including phenoxy) is 1. The van der Waals surface area contributed by atoms with E-state index in [1.165, 1.54) is 5.56 Å². The van der Waals surface area contributed by atoms with Crippen LogP contribution in [0.25, 0.3) is 0 Å². The number of benzene rings is 1. The molecular weight excluding hydrogens is 226 g/mol. The molecule has 1 N–H and O–H groups in total. The summed E-state index contributed by atoms with van der Waals surface area (Å²) in [7, 11) is 0. The van der Waals surface area contributed by atoms with E-state index in [0.29, 0.717) is 13.2 Å². The zero-order chi connectivity index (χ0) is 12.6. The van der Waals surface area contributed by atoms with E-state index < -0.39 is 11.5 Å². The summed E-state index contributed by atoms with van der Waals surface area (Å²) in [6.07, 6.45) is 1.84. The van der Waals surface area contributed by atoms with Crippen molar-refractivity contribution in [3.8, 4) is 6.07 Å². The number of rotatable bonds is 2. The lowest BCUT2D eigenvalue weighted by Gasteiger charge is -2.31. The van der Waals surface area contributed by atoms with E-state index in [-0.39, 0.29) is 5.92 Å². The average molecular weight is 243 g/mol. The topological polar surface area (TPSA) is 53.2 Å². The molecule has 0 bridgehead atoms. The van der Waals surface area contributed by atoms with Gasteiger partial charge in [0.25, 0.3) is 0 Å². The second-order valence-electron chi connectivity index (χ2n) is 5.31. The summed E-state index contributed by atoms with van der Waals surface area (Å²) in [5.74, 6) is 0.0933. The Hall–Kier alpha value is -1.37. The largest absolute Gasteiger partial charge is 0.391 e. The minimum absolute atomic E-state index is 0.0933. The first-order valence-electron chi connectivity index (χ1n) is 6.53. The number of nitrogens with zero attached hydrogens (tertiary/aromatic N) is 1. The number of aliphatic hydroxyl groups is 1. The van der Waals surface area contributed by atoms with E-state index >= 15 is 0 Å². The first-order chi connectivity index (χ1) is 8.78. The third-order valence-electron chi connectivity index (χ3n) is 4.40. The van der Waals surface area contributed by atoms with Crippen LogP contribution in [0.15, 0.2) is 24.3 Å². The molecule has 18 heavy (non-hydrogen) atoms. The molecule has 3 unspecified atom stereocenters. The van der Waals surface area contributed by atoms with Gasteiger partial charge in [0.2, 0.25) is 0 Å². The second-order valence-corrected chi connectivity index (χ2v) is 5.31. The minimum atomic E-state index is -0.727. The van der Waals surface area contributed by atoms with Crippen molar-refractivity contribution >= 4 is 0 Å². The first-order valence-corrected chi connectivity index (χ1v) is 6.53. The Balaban J connectivity index is 1.99. The van der Waals surface area contributed by atoms with Gasteiger partial charge in [-0.15, -0.1) is 0 Å². The Bertz CT molecular complexity index is 488. The van der Waals surface area contributed by atoms with Gasteiger partial charge in [0.1, 0.15) is 5.41 Å². The lowest BCUT2D eigenvalue weighted by atomic mass is 9.73. The smallest absolute Gasteiger partial charge is 0.109 e. The third-order valence-corrected chi connectivity index (χ3v) is 4.40. The fraction of sp³-hybridized carbons (Fsp3) is 0.533. The van der Waals surface area contributed by atoms with E-state index in [2.05, 4.69) is 12.1 Å². The summed E-state index contributed by atoms with van der Waals surface area (Å²) < 4.78 is 5.35. The second kappa shape index (κ2) is 4.38. The quantitative estimate of drug-likeness (QED) is 0.861. The van der Waals surface area contributed by atoms with Crippen molar-refractivity contribution in [3.63, 3.8) is 0 Å². The highest BCUT2D eigenvalue weighted by atomic mass is 16.5. The Kier molecular flexibility index (Phi) is 2.85. The van der Waals surface area contributed by atoms with Gasteiger partial charge in [0, 0.05) is 12.5 Å². The molecule has 3 rings (SSSR count). The van der Waals surface area contributed by atoms with Crippen LogP contribution in [0.2, 0.25) is 0 Å². The fourth-order valence-electron chi connectivity index (χ4n) is 3.33. The summed E-state index contributed by atoms with van der Waals surface area (Å²) in [6.45, 7) is 1.28. The van der Waals surface area contributed by atoms with Gasteiger partial charge in [-0.25, -0.2) is 0 Å². The van der Waals surface area contributed by atoms with Crippen molar-refractivity contribution < 1.29 is 9.84 Å². The number of hydrogen-bond acceptors (Lipinski definition) is 3. The van der Waals surface area contributed by atoms with Crippen LogP contribution >= 0.6 is 0 Å². The standard InChI is InChI=1S/C15H17NO2/c16-10-15(14(17)12-6-8-18-9-12)7-5-11-3-1-2-4-13(11)15/h1-4,12,14,17H,5-9H2. The van der Waals surface area contributed by atoms with Crippen molar-refractivity contribution in [3.05, 3.63) is 35.4 Å². The Morgan fingerprint density at radius 2 is 2.28 bits per heavy atom. The molecule has 1 fully saturated rings. The molecule has 3 atom stereocenters. The predicted molar refractivity (Wildman–Crippen MR) is 67.0 cm³/mol. The fourth-order valence-corrected chi connectivity index (χ4v) is 3.33. The molecule has 1 aliphatic heterocycles. The van der Waals surface area contributed by atoms with Gasteiger partial charge in [-0.05, 0) is 30.4 Å². The van der Waals surface area contributed by atoms with E-state index in [1.807, 2.05) is 18.2 Å². The Labute approximate surface area is 107 Å². The van der Waals surface area contributed by atoms with Crippen LogP contribution in [0.4, 0.5) is 0 Å². The van der Waals surface area contributed by atoms with Gasteiger partial charge in [-0.2, -0.15) is 5.26 Å². The maximum atomic E-state index is 10.6. The first kappa shape index (κ1) is 11.7. The monoisotopic (exact) mass is 243 g/mol. The molecule has 1 aliphatic carbocycles. The van der Waals surface area contributed by atoms with Crippen LogP contribution in [0.5, 0.6) is 0 Å². The van der Waals surface area contributed by atoms with Crippen LogP contribution in [0.3, 0.4) is 0 Å². The Morgan fingerprint density at radius 1 is 1.44 bits per heavy atom. The van der Waals surface area contributed by atoms with Gasteiger partial charge >= 0.3 is 0 Å². The minimum Gasteiger partial charge on any atom is -0.391 e. The van der Waals surface area contributed by atoms with Crippen molar-refractivity contribution in [1.29, 1.82) is 5.26 Å². The molecule has 3 nitrogen and oxygen atoms in total. The van der Waals surface area contributed by atoms with E-state index in [0.717, 1.165) is 24.8 Å². The zero-order valence-corrected chi connectivity index (χ0v) is 10.3. The zero-order valence-electron chi connectivity index (χ0n) is 10.3. The molecule has 0 spiro atoms. The van der Waals surface area contributed by atoms with Gasteiger partial charge in [0.15, 0.2) is 0 Å². The molecule has 94 valence electrons. The molecule has 3 heteroatoms.